The largest absolute Gasteiger partial charge is 0.360 e. The maximum absolute atomic E-state index is 13.1. The normalized spacial score (nSPS) is 11.2. The van der Waals surface area contributed by atoms with Crippen molar-refractivity contribution < 1.29 is 4.39 Å². The molecule has 0 saturated carbocycles. The van der Waals surface area contributed by atoms with Gasteiger partial charge in [0.2, 0.25) is 0 Å². The Bertz CT molecular complexity index is 970. The van der Waals surface area contributed by atoms with Crippen molar-refractivity contribution in [1.29, 1.82) is 0 Å². The third-order valence-corrected chi connectivity index (χ3v) is 4.18. The summed E-state index contributed by atoms with van der Waals surface area (Å²) >= 11 is 6.32. The fourth-order valence-corrected chi connectivity index (χ4v) is 3.05. The Morgan fingerprint density at radius 1 is 1.09 bits per heavy atom. The van der Waals surface area contributed by atoms with Gasteiger partial charge in [-0.25, -0.2) is 9.37 Å². The van der Waals surface area contributed by atoms with Gasteiger partial charge in [0, 0.05) is 29.2 Å². The van der Waals surface area contributed by atoms with E-state index in [9.17, 15) is 4.39 Å². The van der Waals surface area contributed by atoms with Crippen molar-refractivity contribution in [3.63, 3.8) is 0 Å². The van der Waals surface area contributed by atoms with Gasteiger partial charge in [-0.15, -0.1) is 0 Å². The number of aromatic nitrogens is 3. The summed E-state index contributed by atoms with van der Waals surface area (Å²) < 4.78 is 15.0. The Balaban J connectivity index is 1.80. The van der Waals surface area contributed by atoms with Crippen LogP contribution in [0.5, 0.6) is 0 Å². The van der Waals surface area contributed by atoms with Crippen molar-refractivity contribution >= 4 is 22.5 Å². The molecule has 0 amide bonds. The van der Waals surface area contributed by atoms with Gasteiger partial charge in [0.05, 0.1) is 12.0 Å². The number of nitrogens with one attached hydrogen (secondary N) is 1. The van der Waals surface area contributed by atoms with Gasteiger partial charge in [-0.1, -0.05) is 41.9 Å². The molecular formula is C18H13ClFN3. The summed E-state index contributed by atoms with van der Waals surface area (Å²) in [5.74, 6) is -0.241. The highest BCUT2D eigenvalue weighted by Gasteiger charge is 2.15. The van der Waals surface area contributed by atoms with E-state index in [4.69, 9.17) is 11.6 Å². The molecule has 1 N–H and O–H groups in total. The second kappa shape index (κ2) is 5.56. The molecule has 3 nitrogen and oxygen atoms in total. The van der Waals surface area contributed by atoms with Crippen LogP contribution in [0.25, 0.3) is 22.2 Å². The van der Waals surface area contributed by atoms with Gasteiger partial charge < -0.3 is 9.55 Å². The van der Waals surface area contributed by atoms with E-state index < -0.39 is 0 Å². The molecule has 23 heavy (non-hydrogen) atoms. The van der Waals surface area contributed by atoms with Crippen molar-refractivity contribution in [2.45, 2.75) is 6.54 Å². The van der Waals surface area contributed by atoms with Crippen LogP contribution in [0.1, 0.15) is 5.56 Å². The predicted molar refractivity (Wildman–Crippen MR) is 90.0 cm³/mol. The van der Waals surface area contributed by atoms with E-state index in [1.807, 2.05) is 35.0 Å². The molecule has 4 rings (SSSR count). The van der Waals surface area contributed by atoms with E-state index >= 15 is 0 Å². The molecule has 0 bridgehead atoms. The first-order valence-electron chi connectivity index (χ1n) is 7.24. The van der Waals surface area contributed by atoms with Crippen molar-refractivity contribution in [3.8, 4) is 11.3 Å². The van der Waals surface area contributed by atoms with Gasteiger partial charge in [0.1, 0.15) is 5.82 Å². The Kier molecular flexibility index (Phi) is 3.39. The topological polar surface area (TPSA) is 33.6 Å². The van der Waals surface area contributed by atoms with E-state index in [1.165, 1.54) is 12.1 Å². The summed E-state index contributed by atoms with van der Waals surface area (Å²) in [6, 6.07) is 14.5. The van der Waals surface area contributed by atoms with E-state index in [1.54, 1.807) is 18.5 Å². The number of halogens is 2. The van der Waals surface area contributed by atoms with Crippen molar-refractivity contribution in [3.05, 3.63) is 77.6 Å². The molecule has 2 aromatic carbocycles. The molecule has 0 spiro atoms. The fourth-order valence-electron chi connectivity index (χ4n) is 2.80. The molecule has 0 aliphatic heterocycles. The maximum atomic E-state index is 13.1. The molecule has 0 aliphatic rings. The summed E-state index contributed by atoms with van der Waals surface area (Å²) in [5.41, 5.74) is 3.90. The van der Waals surface area contributed by atoms with E-state index in [0.717, 1.165) is 27.7 Å². The Morgan fingerprint density at radius 3 is 2.70 bits per heavy atom. The number of hydrogen-bond acceptors (Lipinski definition) is 1. The number of rotatable bonds is 3. The van der Waals surface area contributed by atoms with Crippen molar-refractivity contribution in [1.82, 2.24) is 14.5 Å². The van der Waals surface area contributed by atoms with Crippen LogP contribution in [-0.4, -0.2) is 14.5 Å². The number of para-hydroxylation sites is 1. The van der Waals surface area contributed by atoms with Crippen LogP contribution in [-0.2, 0) is 6.54 Å². The lowest BCUT2D eigenvalue weighted by Crippen LogP contribution is -2.00. The zero-order chi connectivity index (χ0) is 15.8. The molecular weight excluding hydrogens is 313 g/mol. The first-order valence-corrected chi connectivity index (χ1v) is 7.62. The number of hydrogen-bond donors (Lipinski definition) is 1. The molecule has 114 valence electrons. The van der Waals surface area contributed by atoms with Gasteiger partial charge in [0.15, 0.2) is 5.15 Å². The minimum absolute atomic E-state index is 0.241. The quantitative estimate of drug-likeness (QED) is 0.572. The van der Waals surface area contributed by atoms with Crippen LogP contribution in [0.2, 0.25) is 5.15 Å². The summed E-state index contributed by atoms with van der Waals surface area (Å²) in [7, 11) is 0. The average molecular weight is 326 g/mol. The van der Waals surface area contributed by atoms with Crippen LogP contribution in [0.3, 0.4) is 0 Å². The van der Waals surface area contributed by atoms with Crippen LogP contribution in [0.4, 0.5) is 4.39 Å². The molecule has 2 aromatic heterocycles. The SMILES string of the molecule is Fc1ccc(Cn2cnc(Cl)c2-c2c[nH]c3ccccc23)cc1. The van der Waals surface area contributed by atoms with E-state index in [-0.39, 0.29) is 5.82 Å². The van der Waals surface area contributed by atoms with Crippen molar-refractivity contribution in [2.24, 2.45) is 0 Å². The maximum Gasteiger partial charge on any atom is 0.155 e. The standard InChI is InChI=1S/C18H13ClFN3/c19-18-17(15-9-21-16-4-2-1-3-14(15)16)23(11-22-18)10-12-5-7-13(20)8-6-12/h1-9,11,21H,10H2. The smallest absolute Gasteiger partial charge is 0.155 e. The highest BCUT2D eigenvalue weighted by Crippen LogP contribution is 2.33. The minimum atomic E-state index is -0.241. The van der Waals surface area contributed by atoms with Crippen LogP contribution in [0, 0.1) is 5.82 Å². The molecule has 0 unspecified atom stereocenters. The van der Waals surface area contributed by atoms with Crippen LogP contribution >= 0.6 is 11.6 Å². The lowest BCUT2D eigenvalue weighted by atomic mass is 10.1. The second-order valence-electron chi connectivity index (χ2n) is 5.39. The molecule has 4 aromatic rings. The zero-order valence-electron chi connectivity index (χ0n) is 12.1. The number of nitrogens with zero attached hydrogens (tertiary/aromatic N) is 2. The van der Waals surface area contributed by atoms with Gasteiger partial charge >= 0.3 is 0 Å². The predicted octanol–water partition coefficient (Wildman–Crippen LogP) is 4.87. The summed E-state index contributed by atoms with van der Waals surface area (Å²) in [6.45, 7) is 0.578. The van der Waals surface area contributed by atoms with Crippen molar-refractivity contribution in [2.75, 3.05) is 0 Å². The van der Waals surface area contributed by atoms with Gasteiger partial charge in [-0.3, -0.25) is 0 Å². The lowest BCUT2D eigenvalue weighted by molar-refractivity contribution is 0.626. The molecule has 0 saturated heterocycles. The van der Waals surface area contributed by atoms with Gasteiger partial charge in [-0.2, -0.15) is 0 Å². The summed E-state index contributed by atoms with van der Waals surface area (Å²) in [5, 5.41) is 1.55. The molecule has 0 radical (unpaired) electrons. The molecule has 0 aliphatic carbocycles. The number of imidazole rings is 1. The molecule has 0 atom stereocenters. The number of H-pyrrole nitrogens is 1. The second-order valence-corrected chi connectivity index (χ2v) is 5.74. The number of fused-ring (bicyclic) bond motifs is 1. The highest BCUT2D eigenvalue weighted by atomic mass is 35.5. The molecule has 2 heterocycles. The first-order chi connectivity index (χ1) is 11.2. The molecule has 5 heteroatoms. The summed E-state index contributed by atoms with van der Waals surface area (Å²) in [4.78, 5) is 7.49. The monoisotopic (exact) mass is 325 g/mol. The third-order valence-electron chi connectivity index (χ3n) is 3.90. The Morgan fingerprint density at radius 2 is 1.87 bits per heavy atom. The fraction of sp³-hybridized carbons (Fsp3) is 0.0556. The summed E-state index contributed by atoms with van der Waals surface area (Å²) in [6.07, 6.45) is 3.65. The van der Waals surface area contributed by atoms with E-state index in [0.29, 0.717) is 11.7 Å². The van der Waals surface area contributed by atoms with Gasteiger partial charge in [0.25, 0.3) is 0 Å². The minimum Gasteiger partial charge on any atom is -0.360 e. The Hall–Kier alpha value is -2.59. The average Bonchev–Trinajstić information content (AvgIpc) is 3.13. The number of benzene rings is 2. The first kappa shape index (κ1) is 14.0. The van der Waals surface area contributed by atoms with Crippen LogP contribution < -0.4 is 0 Å². The number of aromatic amines is 1. The molecule has 0 fully saturated rings. The van der Waals surface area contributed by atoms with E-state index in [2.05, 4.69) is 9.97 Å². The Labute approximate surface area is 137 Å². The zero-order valence-corrected chi connectivity index (χ0v) is 12.9. The van der Waals surface area contributed by atoms with Crippen LogP contribution in [0.15, 0.2) is 61.1 Å². The lowest BCUT2D eigenvalue weighted by Gasteiger charge is -2.08. The third kappa shape index (κ3) is 2.51. The highest BCUT2D eigenvalue weighted by molar-refractivity contribution is 6.32. The van der Waals surface area contributed by atoms with Gasteiger partial charge in [-0.05, 0) is 23.8 Å².